The van der Waals surface area contributed by atoms with Crippen molar-refractivity contribution >= 4 is 0 Å². The highest BCUT2D eigenvalue weighted by molar-refractivity contribution is 5.52. The van der Waals surface area contributed by atoms with Gasteiger partial charge in [0.05, 0.1) is 0 Å². The molecule has 0 saturated carbocycles. The maximum atomic E-state index is 5.40. The molecule has 0 N–H and O–H groups in total. The second kappa shape index (κ2) is 5.83. The number of rotatable bonds is 5. The van der Waals surface area contributed by atoms with Crippen molar-refractivity contribution in [3.63, 3.8) is 0 Å². The second-order valence-corrected chi connectivity index (χ2v) is 5.14. The zero-order valence-electron chi connectivity index (χ0n) is 11.8. The van der Waals surface area contributed by atoms with E-state index in [-0.39, 0.29) is 0 Å². The van der Waals surface area contributed by atoms with Crippen LogP contribution < -0.4 is 0 Å². The van der Waals surface area contributed by atoms with E-state index in [0.717, 1.165) is 18.4 Å². The molecular weight excluding hydrogens is 236 g/mol. The van der Waals surface area contributed by atoms with E-state index in [1.54, 1.807) is 6.92 Å². The smallest absolute Gasteiger partial charge is 0.247 e. The third-order valence-electron chi connectivity index (χ3n) is 3.28. The van der Waals surface area contributed by atoms with E-state index in [1.165, 1.54) is 11.1 Å². The summed E-state index contributed by atoms with van der Waals surface area (Å²) < 4.78 is 5.40. The molecule has 2 aromatic rings. The fourth-order valence-corrected chi connectivity index (χ4v) is 1.82. The van der Waals surface area contributed by atoms with Gasteiger partial charge in [-0.2, -0.15) is 0 Å². The summed E-state index contributed by atoms with van der Waals surface area (Å²) in [5.41, 5.74) is 3.57. The number of nitrogens with zero attached hydrogens (tertiary/aromatic N) is 2. The van der Waals surface area contributed by atoms with E-state index in [2.05, 4.69) is 42.8 Å². The lowest BCUT2D eigenvalue weighted by Gasteiger charge is -2.09. The third-order valence-corrected chi connectivity index (χ3v) is 3.28. The first-order valence-electron chi connectivity index (χ1n) is 6.63. The van der Waals surface area contributed by atoms with Gasteiger partial charge in [-0.1, -0.05) is 38.1 Å². The van der Waals surface area contributed by atoms with Crippen molar-refractivity contribution in [3.8, 4) is 11.5 Å². The minimum Gasteiger partial charge on any atom is -0.421 e. The maximum absolute atomic E-state index is 5.40. The zero-order valence-corrected chi connectivity index (χ0v) is 11.8. The second-order valence-electron chi connectivity index (χ2n) is 5.14. The molecule has 1 heterocycles. The molecule has 0 aliphatic carbocycles. The van der Waals surface area contributed by atoms with Gasteiger partial charge in [-0.05, 0) is 36.5 Å². The molecule has 1 aromatic heterocycles. The van der Waals surface area contributed by atoms with E-state index >= 15 is 0 Å². The molecule has 0 fully saturated rings. The first-order chi connectivity index (χ1) is 9.06. The van der Waals surface area contributed by atoms with Crippen molar-refractivity contribution in [1.82, 2.24) is 10.2 Å². The number of allylic oxidation sites excluding steroid dienone is 1. The summed E-state index contributed by atoms with van der Waals surface area (Å²) in [6.45, 7) is 10.3. The molecule has 0 bridgehead atoms. The lowest BCUT2D eigenvalue weighted by Crippen LogP contribution is -1.95. The highest BCUT2D eigenvalue weighted by atomic mass is 16.4. The van der Waals surface area contributed by atoms with Crippen LogP contribution in [0.5, 0.6) is 0 Å². The summed E-state index contributed by atoms with van der Waals surface area (Å²) in [6, 6.07) is 8.28. The molecular formula is C16H20N2O. The van der Waals surface area contributed by atoms with Crippen LogP contribution in [0.1, 0.15) is 31.7 Å². The lowest BCUT2D eigenvalue weighted by molar-refractivity contribution is 0.533. The predicted octanol–water partition coefficient (Wildman–Crippen LogP) is 4.19. The van der Waals surface area contributed by atoms with Gasteiger partial charge in [-0.25, -0.2) is 0 Å². The van der Waals surface area contributed by atoms with Crippen LogP contribution >= 0.6 is 0 Å². The number of hydrogen-bond donors (Lipinski definition) is 0. The van der Waals surface area contributed by atoms with Crippen LogP contribution in [0.25, 0.3) is 11.5 Å². The van der Waals surface area contributed by atoms with Gasteiger partial charge in [-0.3, -0.25) is 0 Å². The molecule has 100 valence electrons. The average molecular weight is 256 g/mol. The molecule has 0 radical (unpaired) electrons. The van der Waals surface area contributed by atoms with Crippen LogP contribution in [-0.4, -0.2) is 10.2 Å². The van der Waals surface area contributed by atoms with Gasteiger partial charge in [0.25, 0.3) is 0 Å². The van der Waals surface area contributed by atoms with Crippen LogP contribution in [0.15, 0.2) is 40.8 Å². The van der Waals surface area contributed by atoms with Crippen molar-refractivity contribution in [2.45, 2.75) is 33.6 Å². The van der Waals surface area contributed by atoms with Crippen molar-refractivity contribution in [1.29, 1.82) is 0 Å². The van der Waals surface area contributed by atoms with E-state index in [1.807, 2.05) is 12.1 Å². The Bertz CT molecular complexity index is 552. The number of aryl methyl sites for hydroxylation is 2. The van der Waals surface area contributed by atoms with Crippen molar-refractivity contribution in [2.75, 3.05) is 0 Å². The molecule has 3 heteroatoms. The van der Waals surface area contributed by atoms with E-state index < -0.39 is 0 Å². The summed E-state index contributed by atoms with van der Waals surface area (Å²) in [7, 11) is 0. The van der Waals surface area contributed by atoms with Crippen LogP contribution in [0.4, 0.5) is 0 Å². The van der Waals surface area contributed by atoms with Crippen LogP contribution in [0, 0.1) is 12.8 Å². The van der Waals surface area contributed by atoms with Crippen molar-refractivity contribution in [2.24, 2.45) is 5.92 Å². The topological polar surface area (TPSA) is 38.9 Å². The molecule has 0 aliphatic rings. The first kappa shape index (κ1) is 13.5. The van der Waals surface area contributed by atoms with Gasteiger partial charge in [0.15, 0.2) is 0 Å². The molecule has 0 spiro atoms. The first-order valence-corrected chi connectivity index (χ1v) is 6.63. The van der Waals surface area contributed by atoms with Gasteiger partial charge in [0, 0.05) is 12.5 Å². The molecule has 0 saturated heterocycles. The zero-order chi connectivity index (χ0) is 13.8. The monoisotopic (exact) mass is 256 g/mol. The quantitative estimate of drug-likeness (QED) is 0.753. The summed E-state index contributed by atoms with van der Waals surface area (Å²) in [4.78, 5) is 0. The lowest BCUT2D eigenvalue weighted by atomic mass is 9.97. The number of aromatic nitrogens is 2. The van der Waals surface area contributed by atoms with E-state index in [4.69, 9.17) is 4.42 Å². The van der Waals surface area contributed by atoms with Crippen molar-refractivity contribution in [3.05, 3.63) is 47.9 Å². The van der Waals surface area contributed by atoms with Crippen LogP contribution in [0.2, 0.25) is 0 Å². The van der Waals surface area contributed by atoms with Gasteiger partial charge in [0.1, 0.15) is 0 Å². The highest BCUT2D eigenvalue weighted by Crippen LogP contribution is 2.20. The Morgan fingerprint density at radius 3 is 2.42 bits per heavy atom. The van der Waals surface area contributed by atoms with Crippen molar-refractivity contribution < 1.29 is 4.42 Å². The average Bonchev–Trinajstić information content (AvgIpc) is 2.83. The Morgan fingerprint density at radius 1 is 1.21 bits per heavy atom. The molecule has 2 rings (SSSR count). The number of hydrogen-bond acceptors (Lipinski definition) is 3. The van der Waals surface area contributed by atoms with Crippen LogP contribution in [-0.2, 0) is 6.42 Å². The predicted molar refractivity (Wildman–Crippen MR) is 76.8 cm³/mol. The van der Waals surface area contributed by atoms with E-state index in [9.17, 15) is 0 Å². The minimum absolute atomic E-state index is 0.556. The fourth-order valence-electron chi connectivity index (χ4n) is 1.82. The highest BCUT2D eigenvalue weighted by Gasteiger charge is 2.06. The molecule has 19 heavy (non-hydrogen) atoms. The summed E-state index contributed by atoms with van der Waals surface area (Å²) >= 11 is 0. The normalized spacial score (nSPS) is 10.9. The molecule has 0 amide bonds. The van der Waals surface area contributed by atoms with E-state index in [0.29, 0.717) is 17.7 Å². The van der Waals surface area contributed by atoms with Gasteiger partial charge >= 0.3 is 0 Å². The molecule has 0 unspecified atom stereocenters. The number of benzene rings is 1. The Balaban J connectivity index is 2.01. The van der Waals surface area contributed by atoms with Gasteiger partial charge in [-0.15, -0.1) is 10.2 Å². The summed E-state index contributed by atoms with van der Waals surface area (Å²) in [5, 5.41) is 7.85. The SMILES string of the molecule is C=C(CCc1ccc(-c2nnc(C)o2)cc1)C(C)C. The molecule has 0 aliphatic heterocycles. The third kappa shape index (κ3) is 3.53. The Hall–Kier alpha value is -1.90. The van der Waals surface area contributed by atoms with Gasteiger partial charge < -0.3 is 4.42 Å². The fraction of sp³-hybridized carbons (Fsp3) is 0.375. The Kier molecular flexibility index (Phi) is 4.15. The summed E-state index contributed by atoms with van der Waals surface area (Å²) in [5.74, 6) is 1.73. The summed E-state index contributed by atoms with van der Waals surface area (Å²) in [6.07, 6.45) is 2.07. The van der Waals surface area contributed by atoms with Crippen LogP contribution in [0.3, 0.4) is 0 Å². The molecule has 0 atom stereocenters. The maximum Gasteiger partial charge on any atom is 0.247 e. The Morgan fingerprint density at radius 2 is 1.89 bits per heavy atom. The molecule has 3 nitrogen and oxygen atoms in total. The largest absolute Gasteiger partial charge is 0.421 e. The van der Waals surface area contributed by atoms with Gasteiger partial charge in [0.2, 0.25) is 11.8 Å². The minimum atomic E-state index is 0.556. The standard InChI is InChI=1S/C16H20N2O/c1-11(2)12(3)5-6-14-7-9-15(10-8-14)16-18-17-13(4)19-16/h7-11H,3,5-6H2,1-2,4H3. The Labute approximate surface area is 114 Å². The molecule has 1 aromatic carbocycles.